The summed E-state index contributed by atoms with van der Waals surface area (Å²) in [5.74, 6) is -0.807. The second kappa shape index (κ2) is 14.2. The van der Waals surface area contributed by atoms with Gasteiger partial charge in [-0.25, -0.2) is 8.42 Å². The molecule has 1 N–H and O–H groups in total. The lowest BCUT2D eigenvalue weighted by Gasteiger charge is -2.34. The molecule has 0 aromatic heterocycles. The van der Waals surface area contributed by atoms with Crippen molar-refractivity contribution in [3.63, 3.8) is 0 Å². The maximum absolute atomic E-state index is 14.4. The van der Waals surface area contributed by atoms with Crippen molar-refractivity contribution in [3.05, 3.63) is 131 Å². The van der Waals surface area contributed by atoms with Crippen molar-refractivity contribution in [3.8, 4) is 0 Å². The Bertz CT molecular complexity index is 1640. The highest BCUT2D eigenvalue weighted by Crippen LogP contribution is 2.28. The number of aryl methyl sites for hydroxylation is 3. The van der Waals surface area contributed by atoms with Crippen LogP contribution >= 0.6 is 0 Å². The van der Waals surface area contributed by atoms with Crippen LogP contribution in [0, 0.1) is 13.8 Å². The van der Waals surface area contributed by atoms with E-state index in [1.54, 1.807) is 43.4 Å². The number of likely N-dealkylation sites (N-methyl/N-ethyl adjacent to an activating group) is 1. The van der Waals surface area contributed by atoms with Gasteiger partial charge in [-0.15, -0.1) is 0 Å². The Morgan fingerprint density at radius 3 is 1.95 bits per heavy atom. The molecule has 2 amide bonds. The van der Waals surface area contributed by atoms with Crippen molar-refractivity contribution in [2.45, 2.75) is 51.1 Å². The lowest BCUT2D eigenvalue weighted by Crippen LogP contribution is -2.53. The zero-order chi connectivity index (χ0) is 31.0. The molecule has 7 nitrogen and oxygen atoms in total. The normalized spacial score (nSPS) is 11.9. The highest BCUT2D eigenvalue weighted by Gasteiger charge is 2.34. The summed E-state index contributed by atoms with van der Waals surface area (Å²) in [6, 6.07) is 30.2. The Morgan fingerprint density at radius 1 is 0.767 bits per heavy atom. The first-order valence-corrected chi connectivity index (χ1v) is 15.9. The number of hydrogen-bond donors (Lipinski definition) is 1. The molecule has 43 heavy (non-hydrogen) atoms. The summed E-state index contributed by atoms with van der Waals surface area (Å²) in [6.45, 7) is 5.48. The van der Waals surface area contributed by atoms with Crippen molar-refractivity contribution >= 4 is 27.5 Å². The van der Waals surface area contributed by atoms with Crippen LogP contribution in [0.25, 0.3) is 0 Å². The molecule has 0 fully saturated rings. The van der Waals surface area contributed by atoms with Gasteiger partial charge >= 0.3 is 0 Å². The number of hydrogen-bond acceptors (Lipinski definition) is 4. The maximum atomic E-state index is 14.4. The molecule has 0 aliphatic rings. The molecule has 0 aliphatic carbocycles. The Labute approximate surface area is 255 Å². The summed E-state index contributed by atoms with van der Waals surface area (Å²) in [4.78, 5) is 29.4. The van der Waals surface area contributed by atoms with Gasteiger partial charge in [0.1, 0.15) is 12.6 Å². The van der Waals surface area contributed by atoms with Gasteiger partial charge in [-0.1, -0.05) is 103 Å². The van der Waals surface area contributed by atoms with E-state index in [4.69, 9.17) is 0 Å². The summed E-state index contributed by atoms with van der Waals surface area (Å²) >= 11 is 0. The first-order chi connectivity index (χ1) is 20.6. The van der Waals surface area contributed by atoms with E-state index in [9.17, 15) is 18.0 Å². The largest absolute Gasteiger partial charge is 0.357 e. The van der Waals surface area contributed by atoms with E-state index in [1.807, 2.05) is 87.5 Å². The number of nitrogens with one attached hydrogen (secondary N) is 1. The molecule has 4 aromatic rings. The average Bonchev–Trinajstić information content (AvgIpc) is 3.02. The summed E-state index contributed by atoms with van der Waals surface area (Å²) in [6.07, 6.45) is 0.848. The zero-order valence-corrected chi connectivity index (χ0v) is 26.0. The van der Waals surface area contributed by atoms with Crippen LogP contribution in [0.1, 0.15) is 34.7 Å². The number of sulfonamides is 1. The van der Waals surface area contributed by atoms with Gasteiger partial charge in [0.25, 0.3) is 10.0 Å². The third kappa shape index (κ3) is 7.70. The predicted molar refractivity (Wildman–Crippen MR) is 171 cm³/mol. The number of rotatable bonds is 12. The molecule has 4 rings (SSSR count). The highest BCUT2D eigenvalue weighted by atomic mass is 32.2. The Morgan fingerprint density at radius 2 is 1.35 bits per heavy atom. The van der Waals surface area contributed by atoms with Crippen molar-refractivity contribution in [1.29, 1.82) is 0 Å². The summed E-state index contributed by atoms with van der Waals surface area (Å²) < 4.78 is 29.6. The molecule has 4 aromatic carbocycles. The minimum atomic E-state index is -4.14. The topological polar surface area (TPSA) is 86.8 Å². The van der Waals surface area contributed by atoms with E-state index >= 15 is 0 Å². The van der Waals surface area contributed by atoms with Crippen molar-refractivity contribution in [1.82, 2.24) is 10.2 Å². The number of carbonyl (C=O) groups is 2. The minimum Gasteiger partial charge on any atom is -0.357 e. The number of amides is 2. The molecule has 224 valence electrons. The first-order valence-electron chi connectivity index (χ1n) is 14.4. The van der Waals surface area contributed by atoms with E-state index in [0.717, 1.165) is 27.8 Å². The monoisotopic (exact) mass is 597 g/mol. The quantitative estimate of drug-likeness (QED) is 0.235. The number of para-hydroxylation sites is 1. The van der Waals surface area contributed by atoms with E-state index in [-0.39, 0.29) is 23.8 Å². The molecule has 0 bridgehead atoms. The highest BCUT2D eigenvalue weighted by molar-refractivity contribution is 7.92. The lowest BCUT2D eigenvalue weighted by molar-refractivity contribution is -0.139. The average molecular weight is 598 g/mol. The van der Waals surface area contributed by atoms with Crippen LogP contribution in [0.3, 0.4) is 0 Å². The fourth-order valence-electron chi connectivity index (χ4n) is 5.01. The molecule has 0 aliphatic heterocycles. The Balaban J connectivity index is 1.81. The van der Waals surface area contributed by atoms with E-state index in [0.29, 0.717) is 12.1 Å². The fourth-order valence-corrected chi connectivity index (χ4v) is 6.47. The van der Waals surface area contributed by atoms with Gasteiger partial charge in [0, 0.05) is 20.0 Å². The van der Waals surface area contributed by atoms with Crippen LogP contribution in [-0.4, -0.2) is 44.8 Å². The predicted octanol–water partition coefficient (Wildman–Crippen LogP) is 5.45. The SMILES string of the molecule is CCc1ccccc1N(CC(=O)N(Cc1ccc(C)cc1)[C@H](Cc1ccccc1)C(=O)NC)S(=O)(=O)c1ccc(C)cc1. The summed E-state index contributed by atoms with van der Waals surface area (Å²) in [5, 5.41) is 2.72. The Hall–Kier alpha value is -4.43. The van der Waals surface area contributed by atoms with Crippen LogP contribution in [0.4, 0.5) is 5.69 Å². The molecule has 0 unspecified atom stereocenters. The van der Waals surface area contributed by atoms with Gasteiger partial charge in [0.05, 0.1) is 10.6 Å². The van der Waals surface area contributed by atoms with Gasteiger partial charge in [-0.3, -0.25) is 13.9 Å². The standard InChI is InChI=1S/C35H39N3O4S/c1-5-30-13-9-10-14-32(30)38(43(41,42)31-21-17-27(3)18-22-31)25-34(39)37(24-29-19-15-26(2)16-20-29)33(35(40)36-4)23-28-11-7-6-8-12-28/h6-22,33H,5,23-25H2,1-4H3,(H,36,40)/t33-/m1/s1. The van der Waals surface area contributed by atoms with Gasteiger partial charge in [-0.2, -0.15) is 0 Å². The third-order valence-corrected chi connectivity index (χ3v) is 9.29. The molecule has 8 heteroatoms. The first kappa shape index (κ1) is 31.5. The van der Waals surface area contributed by atoms with Crippen molar-refractivity contribution < 1.29 is 18.0 Å². The maximum Gasteiger partial charge on any atom is 0.264 e. The molecule has 0 saturated heterocycles. The molecule has 0 spiro atoms. The minimum absolute atomic E-state index is 0.0917. The molecule has 1 atom stereocenters. The number of anilines is 1. The van der Waals surface area contributed by atoms with E-state index < -0.39 is 28.5 Å². The van der Waals surface area contributed by atoms with Crippen LogP contribution in [0.15, 0.2) is 108 Å². The third-order valence-electron chi connectivity index (χ3n) is 7.52. The Kier molecular flexibility index (Phi) is 10.4. The van der Waals surface area contributed by atoms with Gasteiger partial charge in [0.2, 0.25) is 11.8 Å². The summed E-state index contributed by atoms with van der Waals surface area (Å²) in [5.41, 5.74) is 4.95. The van der Waals surface area contributed by atoms with Crippen LogP contribution in [0.2, 0.25) is 0 Å². The van der Waals surface area contributed by atoms with Gasteiger partial charge < -0.3 is 10.2 Å². The fraction of sp³-hybridized carbons (Fsp3) is 0.257. The van der Waals surface area contributed by atoms with Crippen molar-refractivity contribution in [2.75, 3.05) is 17.9 Å². The smallest absolute Gasteiger partial charge is 0.264 e. The van der Waals surface area contributed by atoms with Crippen LogP contribution in [-0.2, 0) is 39.0 Å². The van der Waals surface area contributed by atoms with E-state index in [2.05, 4.69) is 5.32 Å². The summed E-state index contributed by atoms with van der Waals surface area (Å²) in [7, 11) is -2.59. The molecule has 0 radical (unpaired) electrons. The van der Waals surface area contributed by atoms with Crippen LogP contribution in [0.5, 0.6) is 0 Å². The number of benzene rings is 4. The van der Waals surface area contributed by atoms with E-state index in [1.165, 1.54) is 9.21 Å². The number of carbonyl (C=O) groups excluding carboxylic acids is 2. The second-order valence-electron chi connectivity index (χ2n) is 10.6. The molecule has 0 saturated carbocycles. The van der Waals surface area contributed by atoms with Gasteiger partial charge in [-0.05, 0) is 55.2 Å². The lowest BCUT2D eigenvalue weighted by atomic mass is 10.0. The molecular weight excluding hydrogens is 558 g/mol. The van der Waals surface area contributed by atoms with Crippen LogP contribution < -0.4 is 9.62 Å². The zero-order valence-electron chi connectivity index (χ0n) is 25.2. The molecule has 0 heterocycles. The second-order valence-corrected chi connectivity index (χ2v) is 12.5. The molecular formula is C35H39N3O4S. The number of nitrogens with zero attached hydrogens (tertiary/aromatic N) is 2. The van der Waals surface area contributed by atoms with Gasteiger partial charge in [0.15, 0.2) is 0 Å². The van der Waals surface area contributed by atoms with Crippen molar-refractivity contribution in [2.24, 2.45) is 0 Å².